The summed E-state index contributed by atoms with van der Waals surface area (Å²) in [7, 11) is 0. The molecular weight excluding hydrogens is 302 g/mol. The van der Waals surface area contributed by atoms with Crippen molar-refractivity contribution in [2.24, 2.45) is 11.7 Å². The van der Waals surface area contributed by atoms with Gasteiger partial charge in [0.1, 0.15) is 6.04 Å². The van der Waals surface area contributed by atoms with E-state index >= 15 is 0 Å². The number of aliphatic hydroxyl groups is 1. The van der Waals surface area contributed by atoms with E-state index in [-0.39, 0.29) is 12.5 Å². The third-order valence-electron chi connectivity index (χ3n) is 4.13. The van der Waals surface area contributed by atoms with Gasteiger partial charge in [0.25, 0.3) is 0 Å². The Balaban J connectivity index is 1.69. The first-order valence-corrected chi connectivity index (χ1v) is 8.07. The second kappa shape index (κ2) is 8.48. The fourth-order valence-electron chi connectivity index (χ4n) is 2.66. The summed E-state index contributed by atoms with van der Waals surface area (Å²) in [6, 6.07) is 7.15. The molecule has 0 spiro atoms. The molecule has 22 heavy (non-hydrogen) atoms. The van der Waals surface area contributed by atoms with Crippen molar-refractivity contribution in [1.29, 1.82) is 0 Å². The average molecular weight is 326 g/mol. The molecule has 1 fully saturated rings. The lowest BCUT2D eigenvalue weighted by Gasteiger charge is -2.32. The van der Waals surface area contributed by atoms with E-state index in [1.807, 2.05) is 12.1 Å². The van der Waals surface area contributed by atoms with Crippen LogP contribution in [0.25, 0.3) is 0 Å². The van der Waals surface area contributed by atoms with E-state index in [0.717, 1.165) is 37.5 Å². The topological polar surface area (TPSA) is 78.6 Å². The summed E-state index contributed by atoms with van der Waals surface area (Å²) in [6.45, 7) is 3.31. The smallest absolute Gasteiger partial charge is 0.239 e. The van der Waals surface area contributed by atoms with Crippen molar-refractivity contribution in [3.8, 4) is 0 Å². The van der Waals surface area contributed by atoms with Gasteiger partial charge < -0.3 is 16.2 Å². The summed E-state index contributed by atoms with van der Waals surface area (Å²) in [5, 5.41) is 12.4. The Morgan fingerprint density at radius 2 is 2.00 bits per heavy atom. The van der Waals surface area contributed by atoms with Crippen molar-refractivity contribution < 1.29 is 9.90 Å². The van der Waals surface area contributed by atoms with Crippen LogP contribution in [-0.4, -0.2) is 48.2 Å². The zero-order valence-corrected chi connectivity index (χ0v) is 13.4. The molecule has 1 heterocycles. The van der Waals surface area contributed by atoms with Crippen LogP contribution in [0.4, 0.5) is 0 Å². The van der Waals surface area contributed by atoms with Crippen molar-refractivity contribution in [1.82, 2.24) is 10.2 Å². The van der Waals surface area contributed by atoms with Gasteiger partial charge in [0.15, 0.2) is 0 Å². The van der Waals surface area contributed by atoms with Crippen molar-refractivity contribution in [3.05, 3.63) is 34.9 Å². The number of nitrogens with zero attached hydrogens (tertiary/aromatic N) is 1. The highest BCUT2D eigenvalue weighted by Crippen LogP contribution is 2.19. The van der Waals surface area contributed by atoms with Gasteiger partial charge in [-0.05, 0) is 49.5 Å². The predicted octanol–water partition coefficient (Wildman–Crippen LogP) is 0.988. The first-order chi connectivity index (χ1) is 10.6. The number of rotatable bonds is 6. The van der Waals surface area contributed by atoms with E-state index in [0.29, 0.717) is 12.5 Å². The number of carbonyl (C=O) groups excluding carboxylic acids is 1. The number of piperidine rings is 1. The van der Waals surface area contributed by atoms with Crippen LogP contribution in [0.15, 0.2) is 24.3 Å². The molecule has 122 valence electrons. The normalized spacial score (nSPS) is 18.1. The quantitative estimate of drug-likeness (QED) is 0.729. The van der Waals surface area contributed by atoms with Crippen LogP contribution >= 0.6 is 11.6 Å². The van der Waals surface area contributed by atoms with Crippen molar-refractivity contribution >= 4 is 17.5 Å². The van der Waals surface area contributed by atoms with Gasteiger partial charge in [-0.1, -0.05) is 23.7 Å². The van der Waals surface area contributed by atoms with Crippen LogP contribution in [-0.2, 0) is 11.3 Å². The predicted molar refractivity (Wildman–Crippen MR) is 87.5 cm³/mol. The van der Waals surface area contributed by atoms with Crippen molar-refractivity contribution in [2.75, 3.05) is 26.2 Å². The summed E-state index contributed by atoms with van der Waals surface area (Å²) in [6.07, 6.45) is 2.12. The minimum atomic E-state index is -0.815. The van der Waals surface area contributed by atoms with E-state index in [9.17, 15) is 4.79 Å². The maximum atomic E-state index is 11.5. The average Bonchev–Trinajstić information content (AvgIpc) is 2.55. The lowest BCUT2D eigenvalue weighted by molar-refractivity contribution is -0.123. The molecule has 1 unspecified atom stereocenters. The van der Waals surface area contributed by atoms with E-state index in [2.05, 4.69) is 22.3 Å². The Morgan fingerprint density at radius 1 is 1.36 bits per heavy atom. The summed E-state index contributed by atoms with van der Waals surface area (Å²) >= 11 is 5.89. The summed E-state index contributed by atoms with van der Waals surface area (Å²) in [4.78, 5) is 14.0. The third-order valence-corrected chi connectivity index (χ3v) is 4.38. The van der Waals surface area contributed by atoms with Gasteiger partial charge in [-0.25, -0.2) is 0 Å². The van der Waals surface area contributed by atoms with Crippen LogP contribution in [0.2, 0.25) is 5.02 Å². The number of halogens is 1. The van der Waals surface area contributed by atoms with E-state index in [1.165, 1.54) is 5.56 Å². The number of likely N-dealkylation sites (tertiary alicyclic amines) is 1. The molecule has 1 saturated heterocycles. The lowest BCUT2D eigenvalue weighted by Crippen LogP contribution is -2.45. The number of hydrogen-bond donors (Lipinski definition) is 3. The first kappa shape index (κ1) is 17.2. The van der Waals surface area contributed by atoms with Gasteiger partial charge in [-0.2, -0.15) is 0 Å². The molecule has 4 N–H and O–H groups in total. The summed E-state index contributed by atoms with van der Waals surface area (Å²) in [5.74, 6) is 0.211. The molecule has 1 aromatic rings. The second-order valence-electron chi connectivity index (χ2n) is 5.88. The number of amides is 1. The number of nitrogens with one attached hydrogen (secondary N) is 1. The first-order valence-electron chi connectivity index (χ1n) is 7.69. The van der Waals surface area contributed by atoms with Gasteiger partial charge in [0.05, 0.1) is 6.61 Å². The molecule has 0 saturated carbocycles. The zero-order valence-electron chi connectivity index (χ0n) is 12.7. The van der Waals surface area contributed by atoms with E-state index in [1.54, 1.807) is 0 Å². The number of carbonyl (C=O) groups is 1. The van der Waals surface area contributed by atoms with Crippen molar-refractivity contribution in [2.45, 2.75) is 25.4 Å². The minimum Gasteiger partial charge on any atom is -0.394 e. The minimum absolute atomic E-state index is 0.272. The number of hydrogen-bond acceptors (Lipinski definition) is 4. The monoisotopic (exact) mass is 325 g/mol. The molecule has 6 heteroatoms. The molecule has 0 radical (unpaired) electrons. The zero-order chi connectivity index (χ0) is 15.9. The molecule has 0 bridgehead atoms. The highest BCUT2D eigenvalue weighted by atomic mass is 35.5. The number of benzene rings is 1. The highest BCUT2D eigenvalue weighted by Gasteiger charge is 2.20. The molecule has 2 rings (SSSR count). The highest BCUT2D eigenvalue weighted by molar-refractivity contribution is 6.30. The second-order valence-corrected chi connectivity index (χ2v) is 6.32. The van der Waals surface area contributed by atoms with Crippen LogP contribution < -0.4 is 11.1 Å². The Bertz CT molecular complexity index is 473. The maximum absolute atomic E-state index is 11.5. The molecule has 5 nitrogen and oxygen atoms in total. The number of aliphatic hydroxyl groups excluding tert-OH is 1. The van der Waals surface area contributed by atoms with E-state index < -0.39 is 6.04 Å². The van der Waals surface area contributed by atoms with Crippen LogP contribution in [0, 0.1) is 5.92 Å². The fourth-order valence-corrected chi connectivity index (χ4v) is 2.78. The fraction of sp³-hybridized carbons (Fsp3) is 0.562. The van der Waals surface area contributed by atoms with Gasteiger partial charge >= 0.3 is 0 Å². The van der Waals surface area contributed by atoms with Crippen LogP contribution in [0.3, 0.4) is 0 Å². The standard InChI is InChI=1S/C16H24ClN3O2/c17-14-3-1-13(2-4-14)10-20-7-5-12(6-8-20)9-19-16(22)15(18)11-21/h1-4,12,15,21H,5-11,18H2,(H,19,22). The van der Waals surface area contributed by atoms with Crippen LogP contribution in [0.5, 0.6) is 0 Å². The molecular formula is C16H24ClN3O2. The third kappa shape index (κ3) is 5.25. The Hall–Kier alpha value is -1.14. The molecule has 1 aromatic carbocycles. The SMILES string of the molecule is NC(CO)C(=O)NCC1CCN(Cc2ccc(Cl)cc2)CC1. The van der Waals surface area contributed by atoms with Gasteiger partial charge in [0.2, 0.25) is 5.91 Å². The number of nitrogens with two attached hydrogens (primary N) is 1. The maximum Gasteiger partial charge on any atom is 0.239 e. The molecule has 1 aliphatic rings. The van der Waals surface area contributed by atoms with Gasteiger partial charge in [0, 0.05) is 18.1 Å². The lowest BCUT2D eigenvalue weighted by atomic mass is 9.96. The Morgan fingerprint density at radius 3 is 2.59 bits per heavy atom. The summed E-state index contributed by atoms with van der Waals surface area (Å²) < 4.78 is 0. The molecule has 0 aromatic heterocycles. The molecule has 1 atom stereocenters. The van der Waals surface area contributed by atoms with Crippen molar-refractivity contribution in [3.63, 3.8) is 0 Å². The Labute approximate surface area is 136 Å². The van der Waals surface area contributed by atoms with Crippen LogP contribution in [0.1, 0.15) is 18.4 Å². The van der Waals surface area contributed by atoms with Gasteiger partial charge in [-0.15, -0.1) is 0 Å². The Kier molecular flexibility index (Phi) is 6.64. The summed E-state index contributed by atoms with van der Waals surface area (Å²) in [5.41, 5.74) is 6.74. The molecule has 1 aliphatic heterocycles. The van der Waals surface area contributed by atoms with Gasteiger partial charge in [-0.3, -0.25) is 9.69 Å². The van der Waals surface area contributed by atoms with E-state index in [4.69, 9.17) is 22.4 Å². The molecule has 1 amide bonds. The largest absolute Gasteiger partial charge is 0.394 e. The molecule has 0 aliphatic carbocycles.